The largest absolute Gasteiger partial charge is 0.350 e. The fourth-order valence-electron chi connectivity index (χ4n) is 2.32. The van der Waals surface area contributed by atoms with Crippen molar-refractivity contribution in [2.24, 2.45) is 0 Å². The Kier molecular flexibility index (Phi) is 5.71. The number of halogens is 2. The fraction of sp³-hybridized carbons (Fsp3) is 0.105. The molecule has 2 aromatic carbocycles. The minimum atomic E-state index is -0.335. The van der Waals surface area contributed by atoms with Crippen molar-refractivity contribution in [1.82, 2.24) is 9.97 Å². The second kappa shape index (κ2) is 8.17. The van der Waals surface area contributed by atoms with Crippen LogP contribution in [-0.4, -0.2) is 15.9 Å². The van der Waals surface area contributed by atoms with E-state index in [4.69, 9.17) is 23.2 Å². The van der Waals surface area contributed by atoms with Gasteiger partial charge < -0.3 is 10.6 Å². The lowest BCUT2D eigenvalue weighted by Gasteiger charge is -2.10. The molecule has 0 saturated heterocycles. The summed E-state index contributed by atoms with van der Waals surface area (Å²) in [5.41, 5.74) is 2.61. The van der Waals surface area contributed by atoms with Crippen LogP contribution in [0.4, 0.5) is 11.6 Å². The average molecular weight is 387 g/mol. The first-order valence-corrected chi connectivity index (χ1v) is 8.67. The zero-order valence-electron chi connectivity index (χ0n) is 14.0. The van der Waals surface area contributed by atoms with Gasteiger partial charge in [-0.15, -0.1) is 0 Å². The molecule has 0 atom stereocenters. The molecule has 1 aromatic heterocycles. The minimum absolute atomic E-state index is 0.251. The van der Waals surface area contributed by atoms with Gasteiger partial charge in [-0.3, -0.25) is 4.79 Å². The molecule has 1 heterocycles. The van der Waals surface area contributed by atoms with E-state index in [1.807, 2.05) is 31.2 Å². The molecule has 0 aliphatic heterocycles. The van der Waals surface area contributed by atoms with Crippen molar-refractivity contribution >= 4 is 40.7 Å². The van der Waals surface area contributed by atoms with Crippen LogP contribution in [0.5, 0.6) is 0 Å². The van der Waals surface area contributed by atoms with E-state index in [-0.39, 0.29) is 11.6 Å². The SMILES string of the molecule is Cc1c(Cl)cccc1NC(=O)c1ccnc(NCc2ccccc2Cl)n1. The minimum Gasteiger partial charge on any atom is -0.350 e. The number of benzene rings is 2. The zero-order valence-corrected chi connectivity index (χ0v) is 15.5. The van der Waals surface area contributed by atoms with Crippen LogP contribution in [0.15, 0.2) is 54.7 Å². The monoisotopic (exact) mass is 386 g/mol. The maximum absolute atomic E-state index is 12.5. The standard InChI is InChI=1S/C19H16Cl2N4O/c1-12-14(20)7-4-8-16(12)24-18(26)17-9-10-22-19(25-17)23-11-13-5-2-3-6-15(13)21/h2-10H,11H2,1H3,(H,24,26)(H,22,23,25). The predicted octanol–water partition coefficient (Wildman–Crippen LogP) is 4.96. The maximum atomic E-state index is 12.5. The number of hydrogen-bond acceptors (Lipinski definition) is 4. The number of hydrogen-bond donors (Lipinski definition) is 2. The van der Waals surface area contributed by atoms with E-state index in [1.54, 1.807) is 24.3 Å². The smallest absolute Gasteiger partial charge is 0.274 e. The first-order valence-electron chi connectivity index (χ1n) is 7.91. The number of nitrogens with zero attached hydrogens (tertiary/aromatic N) is 2. The van der Waals surface area contributed by atoms with Gasteiger partial charge >= 0.3 is 0 Å². The van der Waals surface area contributed by atoms with Gasteiger partial charge in [0.25, 0.3) is 5.91 Å². The van der Waals surface area contributed by atoms with Crippen molar-refractivity contribution in [3.05, 3.63) is 81.6 Å². The van der Waals surface area contributed by atoms with Gasteiger partial charge in [-0.05, 0) is 42.3 Å². The van der Waals surface area contributed by atoms with Crippen molar-refractivity contribution in [1.29, 1.82) is 0 Å². The summed E-state index contributed by atoms with van der Waals surface area (Å²) in [6.45, 7) is 2.30. The molecule has 0 bridgehead atoms. The van der Waals surface area contributed by atoms with Gasteiger partial charge in [-0.25, -0.2) is 9.97 Å². The molecule has 132 valence electrons. The summed E-state index contributed by atoms with van der Waals surface area (Å²) in [5, 5.41) is 7.14. The highest BCUT2D eigenvalue weighted by Crippen LogP contribution is 2.23. The Morgan fingerprint density at radius 1 is 1.04 bits per heavy atom. The lowest BCUT2D eigenvalue weighted by atomic mass is 10.2. The molecule has 0 saturated carbocycles. The van der Waals surface area contributed by atoms with Crippen LogP contribution in [0.2, 0.25) is 10.0 Å². The average Bonchev–Trinajstić information content (AvgIpc) is 2.65. The Morgan fingerprint density at radius 2 is 1.81 bits per heavy atom. The Labute approximate surface area is 161 Å². The van der Waals surface area contributed by atoms with E-state index < -0.39 is 0 Å². The van der Waals surface area contributed by atoms with Crippen molar-refractivity contribution in [3.8, 4) is 0 Å². The van der Waals surface area contributed by atoms with Crippen LogP contribution in [0, 0.1) is 6.92 Å². The molecule has 2 N–H and O–H groups in total. The Balaban J connectivity index is 1.71. The lowest BCUT2D eigenvalue weighted by molar-refractivity contribution is 0.102. The highest BCUT2D eigenvalue weighted by molar-refractivity contribution is 6.32. The highest BCUT2D eigenvalue weighted by Gasteiger charge is 2.11. The van der Waals surface area contributed by atoms with Crippen molar-refractivity contribution in [2.45, 2.75) is 13.5 Å². The number of amides is 1. The molecule has 0 spiro atoms. The third kappa shape index (κ3) is 4.31. The second-order valence-electron chi connectivity index (χ2n) is 5.58. The van der Waals surface area contributed by atoms with Crippen molar-refractivity contribution < 1.29 is 4.79 Å². The van der Waals surface area contributed by atoms with E-state index >= 15 is 0 Å². The molecule has 0 radical (unpaired) electrons. The van der Waals surface area contributed by atoms with Crippen LogP contribution in [0.3, 0.4) is 0 Å². The first kappa shape index (κ1) is 18.2. The van der Waals surface area contributed by atoms with Gasteiger partial charge in [0, 0.05) is 28.5 Å². The van der Waals surface area contributed by atoms with Gasteiger partial charge in [0.05, 0.1) is 0 Å². The van der Waals surface area contributed by atoms with Crippen LogP contribution in [0.1, 0.15) is 21.6 Å². The molecule has 0 aliphatic rings. The zero-order chi connectivity index (χ0) is 18.5. The van der Waals surface area contributed by atoms with E-state index in [0.717, 1.165) is 11.1 Å². The quantitative estimate of drug-likeness (QED) is 0.650. The topological polar surface area (TPSA) is 66.9 Å². The highest BCUT2D eigenvalue weighted by atomic mass is 35.5. The summed E-state index contributed by atoms with van der Waals surface area (Å²) in [6, 6.07) is 14.4. The van der Waals surface area contributed by atoms with Gasteiger partial charge in [-0.1, -0.05) is 47.5 Å². The van der Waals surface area contributed by atoms with Crippen LogP contribution >= 0.6 is 23.2 Å². The summed E-state index contributed by atoms with van der Waals surface area (Å²) in [5.74, 6) is 0.0129. The third-order valence-corrected chi connectivity index (χ3v) is 4.58. The number of nitrogens with one attached hydrogen (secondary N) is 2. The summed E-state index contributed by atoms with van der Waals surface area (Å²) >= 11 is 12.2. The molecule has 0 fully saturated rings. The number of rotatable bonds is 5. The lowest BCUT2D eigenvalue weighted by Crippen LogP contribution is -2.16. The Morgan fingerprint density at radius 3 is 2.62 bits per heavy atom. The summed E-state index contributed by atoms with van der Waals surface area (Å²) in [4.78, 5) is 20.9. The van der Waals surface area contributed by atoms with Gasteiger partial charge in [0.1, 0.15) is 5.69 Å². The molecule has 3 rings (SSSR count). The number of anilines is 2. The van der Waals surface area contributed by atoms with Crippen LogP contribution in [0.25, 0.3) is 0 Å². The van der Waals surface area contributed by atoms with E-state index in [0.29, 0.717) is 28.2 Å². The molecular weight excluding hydrogens is 371 g/mol. The molecule has 0 aliphatic carbocycles. The summed E-state index contributed by atoms with van der Waals surface area (Å²) < 4.78 is 0. The Bertz CT molecular complexity index is 946. The Hall–Kier alpha value is -2.63. The molecule has 26 heavy (non-hydrogen) atoms. The molecule has 3 aromatic rings. The molecule has 0 unspecified atom stereocenters. The molecular formula is C19H16Cl2N4O. The normalized spacial score (nSPS) is 10.4. The van der Waals surface area contributed by atoms with Crippen molar-refractivity contribution in [3.63, 3.8) is 0 Å². The number of carbonyl (C=O) groups excluding carboxylic acids is 1. The maximum Gasteiger partial charge on any atom is 0.274 e. The van der Waals surface area contributed by atoms with E-state index in [1.165, 1.54) is 6.20 Å². The second-order valence-corrected chi connectivity index (χ2v) is 6.39. The predicted molar refractivity (Wildman–Crippen MR) is 105 cm³/mol. The number of carbonyl (C=O) groups is 1. The van der Waals surface area contributed by atoms with Crippen LogP contribution in [-0.2, 0) is 6.54 Å². The molecule has 5 nitrogen and oxygen atoms in total. The molecule has 1 amide bonds. The summed E-state index contributed by atoms with van der Waals surface area (Å²) in [7, 11) is 0. The van der Waals surface area contributed by atoms with Gasteiger partial charge in [0.2, 0.25) is 5.95 Å². The van der Waals surface area contributed by atoms with E-state index in [2.05, 4.69) is 20.6 Å². The van der Waals surface area contributed by atoms with Crippen LogP contribution < -0.4 is 10.6 Å². The third-order valence-electron chi connectivity index (χ3n) is 3.80. The number of aromatic nitrogens is 2. The fourth-order valence-corrected chi connectivity index (χ4v) is 2.69. The van der Waals surface area contributed by atoms with Gasteiger partial charge in [0.15, 0.2) is 0 Å². The first-order chi connectivity index (χ1) is 12.5. The summed E-state index contributed by atoms with van der Waals surface area (Å²) in [6.07, 6.45) is 1.53. The van der Waals surface area contributed by atoms with E-state index in [9.17, 15) is 4.79 Å². The van der Waals surface area contributed by atoms with Crippen molar-refractivity contribution in [2.75, 3.05) is 10.6 Å². The molecule has 7 heteroatoms. The van der Waals surface area contributed by atoms with Gasteiger partial charge in [-0.2, -0.15) is 0 Å².